The maximum atomic E-state index is 12.7. The summed E-state index contributed by atoms with van der Waals surface area (Å²) in [6.07, 6.45) is 0. The highest BCUT2D eigenvalue weighted by atomic mass is 16.5. The molecule has 1 unspecified atom stereocenters. The fraction of sp³-hybridized carbons (Fsp3) is 0.250. The lowest BCUT2D eigenvalue weighted by molar-refractivity contribution is 0.0931. The molecule has 128 valence electrons. The van der Waals surface area contributed by atoms with Crippen LogP contribution in [0.1, 0.15) is 40.1 Å². The molecule has 0 aliphatic rings. The van der Waals surface area contributed by atoms with Gasteiger partial charge in [0.25, 0.3) is 5.91 Å². The van der Waals surface area contributed by atoms with E-state index in [-0.39, 0.29) is 23.5 Å². The molecule has 1 heterocycles. The number of carbonyl (C=O) groups is 1. The molecule has 1 aromatic heterocycles. The molecule has 0 saturated carbocycles. The van der Waals surface area contributed by atoms with Crippen molar-refractivity contribution in [3.8, 4) is 5.88 Å². The third-order valence-electron chi connectivity index (χ3n) is 4.30. The molecule has 5 nitrogen and oxygen atoms in total. The monoisotopic (exact) mass is 335 g/mol. The Morgan fingerprint density at radius 1 is 1.04 bits per heavy atom. The average molecular weight is 335 g/mol. The van der Waals surface area contributed by atoms with Crippen molar-refractivity contribution in [3.63, 3.8) is 0 Å². The predicted octanol–water partition coefficient (Wildman–Crippen LogP) is 3.75. The number of nitrogens with zero attached hydrogens (tertiary/aromatic N) is 2. The first kappa shape index (κ1) is 16.9. The fourth-order valence-corrected chi connectivity index (χ4v) is 2.68. The molecule has 25 heavy (non-hydrogen) atoms. The van der Waals surface area contributed by atoms with Gasteiger partial charge in [0, 0.05) is 0 Å². The number of fused-ring (bicyclic) bond motifs is 1. The van der Waals surface area contributed by atoms with Gasteiger partial charge in [-0.15, -0.1) is 0 Å². The van der Waals surface area contributed by atoms with Crippen molar-refractivity contribution in [1.29, 1.82) is 0 Å². The number of hydrogen-bond donors (Lipinski definition) is 1. The Labute approximate surface area is 147 Å². The summed E-state index contributed by atoms with van der Waals surface area (Å²) in [6.45, 7) is 5.96. The van der Waals surface area contributed by atoms with Crippen molar-refractivity contribution < 1.29 is 9.53 Å². The maximum absolute atomic E-state index is 12.7. The van der Waals surface area contributed by atoms with Crippen LogP contribution in [0.25, 0.3) is 11.0 Å². The highest BCUT2D eigenvalue weighted by molar-refractivity contribution is 5.96. The molecular weight excluding hydrogens is 314 g/mol. The minimum absolute atomic E-state index is 0.143. The van der Waals surface area contributed by atoms with Crippen molar-refractivity contribution in [2.45, 2.75) is 26.8 Å². The number of benzene rings is 2. The van der Waals surface area contributed by atoms with Crippen LogP contribution >= 0.6 is 0 Å². The molecular formula is C20H21N3O2. The molecule has 1 atom stereocenters. The number of nitrogens with one attached hydrogen (secondary N) is 1. The first-order valence-corrected chi connectivity index (χ1v) is 8.18. The van der Waals surface area contributed by atoms with E-state index < -0.39 is 0 Å². The third-order valence-corrected chi connectivity index (χ3v) is 4.30. The molecule has 0 aliphatic heterocycles. The van der Waals surface area contributed by atoms with Gasteiger partial charge >= 0.3 is 0 Å². The number of aryl methyl sites for hydroxylation is 2. The van der Waals surface area contributed by atoms with E-state index >= 15 is 0 Å². The summed E-state index contributed by atoms with van der Waals surface area (Å²) in [4.78, 5) is 21.7. The van der Waals surface area contributed by atoms with E-state index in [1.165, 1.54) is 7.11 Å². The van der Waals surface area contributed by atoms with Crippen molar-refractivity contribution in [2.75, 3.05) is 7.11 Å². The first-order chi connectivity index (χ1) is 12.0. The fourth-order valence-electron chi connectivity index (χ4n) is 2.68. The highest BCUT2D eigenvalue weighted by Crippen LogP contribution is 2.22. The van der Waals surface area contributed by atoms with Crippen LogP contribution in [0.5, 0.6) is 5.88 Å². The van der Waals surface area contributed by atoms with Crippen molar-refractivity contribution in [2.24, 2.45) is 0 Å². The van der Waals surface area contributed by atoms with Gasteiger partial charge in [-0.2, -0.15) is 0 Å². The van der Waals surface area contributed by atoms with Gasteiger partial charge in [0.05, 0.1) is 24.2 Å². The van der Waals surface area contributed by atoms with Gasteiger partial charge in [-0.05, 0) is 49.6 Å². The van der Waals surface area contributed by atoms with Gasteiger partial charge in [0.15, 0.2) is 5.69 Å². The van der Waals surface area contributed by atoms with E-state index in [4.69, 9.17) is 4.74 Å². The van der Waals surface area contributed by atoms with Crippen LogP contribution in [0.2, 0.25) is 0 Å². The molecule has 0 fully saturated rings. The minimum atomic E-state index is -0.305. The standard InChI is InChI=1S/C20H21N3O2/c1-12-10-16-17(11-13(12)2)23-20(25-4)18(22-16)19(24)21-14(3)15-8-6-5-7-9-15/h5-11,14H,1-4H3,(H,21,24). The lowest BCUT2D eigenvalue weighted by atomic mass is 10.1. The summed E-state index contributed by atoms with van der Waals surface area (Å²) in [5.41, 5.74) is 4.85. The third kappa shape index (κ3) is 3.45. The van der Waals surface area contributed by atoms with E-state index in [2.05, 4.69) is 15.3 Å². The van der Waals surface area contributed by atoms with Crippen LogP contribution < -0.4 is 10.1 Å². The second-order valence-corrected chi connectivity index (χ2v) is 6.11. The number of hydrogen-bond acceptors (Lipinski definition) is 4. The molecule has 1 amide bonds. The van der Waals surface area contributed by atoms with Gasteiger partial charge in [0.2, 0.25) is 5.88 Å². The van der Waals surface area contributed by atoms with Crippen LogP contribution in [0.15, 0.2) is 42.5 Å². The topological polar surface area (TPSA) is 64.1 Å². The Bertz CT molecular complexity index is 923. The molecule has 2 aromatic carbocycles. The highest BCUT2D eigenvalue weighted by Gasteiger charge is 2.20. The lowest BCUT2D eigenvalue weighted by Gasteiger charge is -2.15. The van der Waals surface area contributed by atoms with Crippen molar-refractivity contribution in [3.05, 3.63) is 64.8 Å². The maximum Gasteiger partial charge on any atom is 0.276 e. The Morgan fingerprint density at radius 3 is 2.24 bits per heavy atom. The smallest absolute Gasteiger partial charge is 0.276 e. The number of carbonyl (C=O) groups excluding carboxylic acids is 1. The Hall–Kier alpha value is -2.95. The van der Waals surface area contributed by atoms with E-state index in [0.717, 1.165) is 16.7 Å². The van der Waals surface area contributed by atoms with E-state index in [9.17, 15) is 4.79 Å². The van der Waals surface area contributed by atoms with E-state index in [0.29, 0.717) is 11.0 Å². The van der Waals surface area contributed by atoms with E-state index in [1.54, 1.807) is 0 Å². The molecule has 0 radical (unpaired) electrons. The zero-order valence-corrected chi connectivity index (χ0v) is 14.8. The molecule has 5 heteroatoms. The zero-order valence-electron chi connectivity index (χ0n) is 14.8. The largest absolute Gasteiger partial charge is 0.479 e. The second kappa shape index (κ2) is 6.89. The summed E-state index contributed by atoms with van der Waals surface area (Å²) in [5, 5.41) is 2.96. The van der Waals surface area contributed by atoms with Crippen LogP contribution in [-0.4, -0.2) is 23.0 Å². The quantitative estimate of drug-likeness (QED) is 0.789. The van der Waals surface area contributed by atoms with Crippen LogP contribution in [0.3, 0.4) is 0 Å². The lowest BCUT2D eigenvalue weighted by Crippen LogP contribution is -2.28. The minimum Gasteiger partial charge on any atom is -0.479 e. The van der Waals surface area contributed by atoms with Crippen molar-refractivity contribution >= 4 is 16.9 Å². The summed E-state index contributed by atoms with van der Waals surface area (Å²) in [6, 6.07) is 13.5. The van der Waals surface area contributed by atoms with Gasteiger partial charge < -0.3 is 10.1 Å². The van der Waals surface area contributed by atoms with Gasteiger partial charge in [-0.3, -0.25) is 4.79 Å². The molecule has 0 aliphatic carbocycles. The summed E-state index contributed by atoms with van der Waals surface area (Å²) in [7, 11) is 1.49. The Kier molecular flexibility index (Phi) is 4.65. The molecule has 3 rings (SSSR count). The molecule has 1 N–H and O–H groups in total. The van der Waals surface area contributed by atoms with Gasteiger partial charge in [-0.1, -0.05) is 30.3 Å². The normalized spacial score (nSPS) is 12.0. The summed E-state index contributed by atoms with van der Waals surface area (Å²) >= 11 is 0. The SMILES string of the molecule is COc1nc2cc(C)c(C)cc2nc1C(=O)NC(C)c1ccccc1. The van der Waals surface area contributed by atoms with Crippen LogP contribution in [0, 0.1) is 13.8 Å². The number of aromatic nitrogens is 2. The molecule has 0 saturated heterocycles. The Morgan fingerprint density at radius 2 is 1.64 bits per heavy atom. The molecule has 3 aromatic rings. The molecule has 0 spiro atoms. The summed E-state index contributed by atoms with van der Waals surface area (Å²) < 4.78 is 5.30. The van der Waals surface area contributed by atoms with E-state index in [1.807, 2.05) is 63.2 Å². The Balaban J connectivity index is 1.96. The number of rotatable bonds is 4. The molecule has 0 bridgehead atoms. The van der Waals surface area contributed by atoms with Gasteiger partial charge in [0.1, 0.15) is 0 Å². The second-order valence-electron chi connectivity index (χ2n) is 6.11. The van der Waals surface area contributed by atoms with Crippen molar-refractivity contribution in [1.82, 2.24) is 15.3 Å². The summed E-state index contributed by atoms with van der Waals surface area (Å²) in [5.74, 6) is -0.0747. The van der Waals surface area contributed by atoms with Crippen LogP contribution in [-0.2, 0) is 0 Å². The number of ether oxygens (including phenoxy) is 1. The average Bonchev–Trinajstić information content (AvgIpc) is 2.62. The van der Waals surface area contributed by atoms with Gasteiger partial charge in [-0.25, -0.2) is 9.97 Å². The van der Waals surface area contributed by atoms with Crippen LogP contribution in [0.4, 0.5) is 0 Å². The number of methoxy groups -OCH3 is 1. The first-order valence-electron chi connectivity index (χ1n) is 8.18. The zero-order chi connectivity index (χ0) is 18.0. The predicted molar refractivity (Wildman–Crippen MR) is 97.9 cm³/mol. The number of amides is 1.